The summed E-state index contributed by atoms with van der Waals surface area (Å²) >= 11 is 0. The molecule has 30 heavy (non-hydrogen) atoms. The van der Waals surface area contributed by atoms with E-state index in [2.05, 4.69) is 52.5 Å². The van der Waals surface area contributed by atoms with Gasteiger partial charge in [0.1, 0.15) is 0 Å². The summed E-state index contributed by atoms with van der Waals surface area (Å²) < 4.78 is 0. The molecule has 3 rings (SSSR count). The lowest BCUT2D eigenvalue weighted by molar-refractivity contribution is -0.129. The first-order chi connectivity index (χ1) is 14.3. The maximum absolute atomic E-state index is 12.7. The van der Waals surface area contributed by atoms with E-state index in [1.807, 2.05) is 51.2 Å². The largest absolute Gasteiger partial charge is 0.347 e. The second kappa shape index (κ2) is 10.0. The molecule has 1 amide bonds. The number of rotatable bonds is 6. The third kappa shape index (κ3) is 6.27. The van der Waals surface area contributed by atoms with Crippen LogP contribution in [0.3, 0.4) is 0 Å². The molecule has 0 radical (unpaired) electrons. The number of pyridine rings is 1. The molecule has 1 aliphatic heterocycles. The Bertz CT molecular complexity index is 832. The maximum atomic E-state index is 12.7. The van der Waals surface area contributed by atoms with Gasteiger partial charge in [-0.1, -0.05) is 68.8 Å². The van der Waals surface area contributed by atoms with Crippen LogP contribution in [0.1, 0.15) is 57.8 Å². The topological polar surface area (TPSA) is 45.2 Å². The fourth-order valence-corrected chi connectivity index (χ4v) is 4.03. The first-order valence-corrected chi connectivity index (χ1v) is 11.0. The van der Waals surface area contributed by atoms with Crippen LogP contribution in [-0.2, 0) is 4.79 Å². The quantitative estimate of drug-likeness (QED) is 0.727. The molecule has 2 heterocycles. The average molecular weight is 406 g/mol. The number of hydrogen-bond donors (Lipinski definition) is 1. The van der Waals surface area contributed by atoms with Crippen molar-refractivity contribution in [2.45, 2.75) is 46.6 Å². The van der Waals surface area contributed by atoms with Crippen molar-refractivity contribution in [2.24, 2.45) is 11.3 Å². The molecule has 2 aromatic rings. The summed E-state index contributed by atoms with van der Waals surface area (Å²) in [5.74, 6) is 0.489. The molecule has 1 fully saturated rings. The summed E-state index contributed by atoms with van der Waals surface area (Å²) in [6.07, 6.45) is 6.21. The van der Waals surface area contributed by atoms with E-state index >= 15 is 0 Å². The number of amides is 1. The Labute approximate surface area is 181 Å². The Morgan fingerprint density at radius 3 is 2.40 bits per heavy atom. The van der Waals surface area contributed by atoms with Gasteiger partial charge in [-0.15, -0.1) is 0 Å². The Hall–Kier alpha value is -2.46. The van der Waals surface area contributed by atoms with E-state index in [-0.39, 0.29) is 11.9 Å². The van der Waals surface area contributed by atoms with Gasteiger partial charge < -0.3 is 5.32 Å². The lowest BCUT2D eigenvalue weighted by Gasteiger charge is -2.37. The second-order valence-corrected chi connectivity index (χ2v) is 9.47. The van der Waals surface area contributed by atoms with Crippen LogP contribution >= 0.6 is 0 Å². The van der Waals surface area contributed by atoms with Crippen LogP contribution < -0.4 is 5.32 Å². The van der Waals surface area contributed by atoms with Gasteiger partial charge in [-0.2, -0.15) is 0 Å². The third-order valence-electron chi connectivity index (χ3n) is 5.76. The molecule has 1 aliphatic rings. The molecule has 1 atom stereocenters. The van der Waals surface area contributed by atoms with Crippen molar-refractivity contribution in [1.29, 1.82) is 0 Å². The summed E-state index contributed by atoms with van der Waals surface area (Å²) in [6.45, 7) is 11.2. The van der Waals surface area contributed by atoms with Gasteiger partial charge in [-0.05, 0) is 56.5 Å². The van der Waals surface area contributed by atoms with Crippen molar-refractivity contribution in [1.82, 2.24) is 15.2 Å². The molecule has 1 saturated heterocycles. The van der Waals surface area contributed by atoms with Crippen molar-refractivity contribution >= 4 is 12.0 Å². The standard InChI is InChI=1S/C26H35N3O/c1-20(18-21-10-6-5-7-11-21)19-29-16-13-22(14-17-29)24(23-12-8-9-15-27-23)28-25(30)26(2,3)4/h5-12,15,18,22,24H,13-14,16-17,19H2,1-4H3,(H,28,30). The van der Waals surface area contributed by atoms with Gasteiger partial charge in [0.2, 0.25) is 5.91 Å². The number of nitrogens with one attached hydrogen (secondary N) is 1. The molecule has 4 nitrogen and oxygen atoms in total. The molecule has 160 valence electrons. The highest BCUT2D eigenvalue weighted by atomic mass is 16.2. The Kier molecular flexibility index (Phi) is 7.43. The number of benzene rings is 1. The molecule has 4 heteroatoms. The average Bonchev–Trinajstić information content (AvgIpc) is 2.73. The summed E-state index contributed by atoms with van der Waals surface area (Å²) in [5.41, 5.74) is 3.19. The van der Waals surface area contributed by atoms with E-state index in [0.717, 1.165) is 38.2 Å². The van der Waals surface area contributed by atoms with E-state index in [0.29, 0.717) is 5.92 Å². The Morgan fingerprint density at radius 2 is 1.80 bits per heavy atom. The van der Waals surface area contributed by atoms with Gasteiger partial charge in [0.15, 0.2) is 0 Å². The second-order valence-electron chi connectivity index (χ2n) is 9.47. The van der Waals surface area contributed by atoms with Gasteiger partial charge in [0, 0.05) is 18.2 Å². The lowest BCUT2D eigenvalue weighted by atomic mass is 9.85. The summed E-state index contributed by atoms with van der Waals surface area (Å²) in [6, 6.07) is 16.4. The van der Waals surface area contributed by atoms with Crippen molar-refractivity contribution in [3.8, 4) is 0 Å². The summed E-state index contributed by atoms with van der Waals surface area (Å²) in [7, 11) is 0. The van der Waals surface area contributed by atoms with Gasteiger partial charge in [-0.3, -0.25) is 14.7 Å². The van der Waals surface area contributed by atoms with Crippen LogP contribution in [0, 0.1) is 11.3 Å². The number of carbonyl (C=O) groups excluding carboxylic acids is 1. The molecule has 0 saturated carbocycles. The SMILES string of the molecule is CC(=Cc1ccccc1)CN1CCC(C(NC(=O)C(C)(C)C)c2ccccn2)CC1. The van der Waals surface area contributed by atoms with Crippen LogP contribution in [0.5, 0.6) is 0 Å². The lowest BCUT2D eigenvalue weighted by Crippen LogP contribution is -2.44. The van der Waals surface area contributed by atoms with Crippen LogP contribution in [0.4, 0.5) is 0 Å². The highest BCUT2D eigenvalue weighted by Crippen LogP contribution is 2.31. The first kappa shape index (κ1) is 22.2. The normalized spacial score (nSPS) is 17.5. The Morgan fingerprint density at radius 1 is 1.13 bits per heavy atom. The third-order valence-corrected chi connectivity index (χ3v) is 5.76. The zero-order chi connectivity index (χ0) is 21.6. The minimum atomic E-state index is -0.410. The van der Waals surface area contributed by atoms with Crippen LogP contribution in [0.15, 0.2) is 60.3 Å². The molecular formula is C26H35N3O. The van der Waals surface area contributed by atoms with Gasteiger partial charge >= 0.3 is 0 Å². The minimum Gasteiger partial charge on any atom is -0.347 e. The zero-order valence-electron chi connectivity index (χ0n) is 18.8. The monoisotopic (exact) mass is 405 g/mol. The van der Waals surface area contributed by atoms with Crippen LogP contribution in [-0.4, -0.2) is 35.4 Å². The first-order valence-electron chi connectivity index (χ1n) is 11.0. The summed E-state index contributed by atoms with van der Waals surface area (Å²) in [5, 5.41) is 3.30. The van der Waals surface area contributed by atoms with Crippen molar-refractivity contribution in [3.05, 3.63) is 71.6 Å². The van der Waals surface area contributed by atoms with Gasteiger partial charge in [0.05, 0.1) is 11.7 Å². The maximum Gasteiger partial charge on any atom is 0.225 e. The number of likely N-dealkylation sites (tertiary alicyclic amines) is 1. The van der Waals surface area contributed by atoms with Crippen molar-refractivity contribution < 1.29 is 4.79 Å². The molecule has 0 aliphatic carbocycles. The molecule has 1 unspecified atom stereocenters. The van der Waals surface area contributed by atoms with E-state index in [9.17, 15) is 4.79 Å². The molecule has 1 aromatic carbocycles. The number of hydrogen-bond acceptors (Lipinski definition) is 3. The smallest absolute Gasteiger partial charge is 0.225 e. The Balaban J connectivity index is 1.63. The van der Waals surface area contributed by atoms with E-state index in [1.165, 1.54) is 11.1 Å². The van der Waals surface area contributed by atoms with E-state index < -0.39 is 5.41 Å². The number of carbonyl (C=O) groups is 1. The predicted molar refractivity (Wildman–Crippen MR) is 124 cm³/mol. The molecule has 1 N–H and O–H groups in total. The van der Waals surface area contributed by atoms with Crippen molar-refractivity contribution in [3.63, 3.8) is 0 Å². The fraction of sp³-hybridized carbons (Fsp3) is 0.462. The number of nitrogens with zero attached hydrogens (tertiary/aromatic N) is 2. The molecular weight excluding hydrogens is 370 g/mol. The van der Waals surface area contributed by atoms with Crippen LogP contribution in [0.2, 0.25) is 0 Å². The molecule has 0 spiro atoms. The number of aromatic nitrogens is 1. The molecule has 0 bridgehead atoms. The van der Waals surface area contributed by atoms with Gasteiger partial charge in [-0.25, -0.2) is 0 Å². The highest BCUT2D eigenvalue weighted by Gasteiger charge is 2.32. The van der Waals surface area contributed by atoms with E-state index in [1.54, 1.807) is 0 Å². The predicted octanol–water partition coefficient (Wildman–Crippen LogP) is 5.10. The number of piperidine rings is 1. The van der Waals surface area contributed by atoms with E-state index in [4.69, 9.17) is 0 Å². The zero-order valence-corrected chi connectivity index (χ0v) is 18.8. The van der Waals surface area contributed by atoms with Crippen molar-refractivity contribution in [2.75, 3.05) is 19.6 Å². The minimum absolute atomic E-state index is 0.0268. The fourth-order valence-electron chi connectivity index (χ4n) is 4.03. The highest BCUT2D eigenvalue weighted by molar-refractivity contribution is 5.81. The summed E-state index contributed by atoms with van der Waals surface area (Å²) in [4.78, 5) is 19.8. The van der Waals surface area contributed by atoms with Crippen LogP contribution in [0.25, 0.3) is 6.08 Å². The molecule has 1 aromatic heterocycles. The van der Waals surface area contributed by atoms with Gasteiger partial charge in [0.25, 0.3) is 0 Å².